The predicted molar refractivity (Wildman–Crippen MR) is 125 cm³/mol. The number of aryl methyl sites for hydroxylation is 1. The summed E-state index contributed by atoms with van der Waals surface area (Å²) in [6.45, 7) is 6.22. The van der Waals surface area contributed by atoms with Gasteiger partial charge in [0.05, 0.1) is 23.8 Å². The van der Waals surface area contributed by atoms with Crippen LogP contribution in [0.1, 0.15) is 55.6 Å². The molecule has 2 aromatic carbocycles. The Morgan fingerprint density at radius 2 is 1.91 bits per heavy atom. The second kappa shape index (κ2) is 8.49. The summed E-state index contributed by atoms with van der Waals surface area (Å²) in [5, 5.41) is 10.8. The highest BCUT2D eigenvalue weighted by atomic mass is 16.2. The largest absolute Gasteiger partial charge is 0.369 e. The van der Waals surface area contributed by atoms with Gasteiger partial charge in [0.15, 0.2) is 0 Å². The van der Waals surface area contributed by atoms with Gasteiger partial charge in [-0.1, -0.05) is 57.2 Å². The van der Waals surface area contributed by atoms with E-state index in [0.29, 0.717) is 5.82 Å². The number of carbonyl (C=O) groups is 2. The molecule has 1 atom stereocenters. The van der Waals surface area contributed by atoms with E-state index in [1.165, 1.54) is 11.1 Å². The van der Waals surface area contributed by atoms with E-state index < -0.39 is 5.91 Å². The van der Waals surface area contributed by atoms with Crippen LogP contribution >= 0.6 is 0 Å². The molecule has 1 aromatic heterocycles. The third-order valence-corrected chi connectivity index (χ3v) is 5.69. The van der Waals surface area contributed by atoms with E-state index in [2.05, 4.69) is 43.5 Å². The van der Waals surface area contributed by atoms with Gasteiger partial charge in [-0.2, -0.15) is 5.10 Å². The molecule has 1 heterocycles. The highest BCUT2D eigenvalue weighted by molar-refractivity contribution is 5.89. The van der Waals surface area contributed by atoms with Gasteiger partial charge >= 0.3 is 6.03 Å². The number of benzene rings is 2. The minimum atomic E-state index is -0.396. The summed E-state index contributed by atoms with van der Waals surface area (Å²) in [6.07, 6.45) is 1.99. The van der Waals surface area contributed by atoms with Crippen LogP contribution in [0.5, 0.6) is 0 Å². The maximum Gasteiger partial charge on any atom is 0.320 e. The van der Waals surface area contributed by atoms with E-state index in [9.17, 15) is 9.59 Å². The summed E-state index contributed by atoms with van der Waals surface area (Å²) in [5.74, 6) is 0.169. The Morgan fingerprint density at radius 3 is 2.66 bits per heavy atom. The van der Waals surface area contributed by atoms with Gasteiger partial charge in [0.2, 0.25) is 5.91 Å². The lowest BCUT2D eigenvalue weighted by Gasteiger charge is -2.15. The zero-order chi connectivity index (χ0) is 22.9. The van der Waals surface area contributed by atoms with Crippen molar-refractivity contribution in [2.45, 2.75) is 51.5 Å². The standard InChI is InChI=1S/C25H29N5O2/c1-25(2,3)21-15-23(30(29-21)18-9-6-7-16(13-18)14-22(26)31)28-24(32)27-20-12-11-17-8-4-5-10-19(17)20/h4-10,13,15,20H,11-12,14H2,1-3H3,(H2,26,31)(H2,27,28,32). The van der Waals surface area contributed by atoms with E-state index in [-0.39, 0.29) is 23.9 Å². The molecule has 0 saturated carbocycles. The molecule has 4 N–H and O–H groups in total. The third-order valence-electron chi connectivity index (χ3n) is 5.69. The Bertz CT molecular complexity index is 1160. The van der Waals surface area contributed by atoms with Crippen LogP contribution in [0.25, 0.3) is 5.69 Å². The first-order chi connectivity index (χ1) is 15.2. The molecule has 0 saturated heterocycles. The highest BCUT2D eigenvalue weighted by Gasteiger charge is 2.25. The summed E-state index contributed by atoms with van der Waals surface area (Å²) in [5.41, 5.74) is 10.00. The fourth-order valence-corrected chi connectivity index (χ4v) is 4.05. The summed E-state index contributed by atoms with van der Waals surface area (Å²) in [4.78, 5) is 24.3. The monoisotopic (exact) mass is 431 g/mol. The lowest BCUT2D eigenvalue weighted by atomic mass is 9.92. The number of nitrogens with one attached hydrogen (secondary N) is 2. The molecule has 0 bridgehead atoms. The molecule has 32 heavy (non-hydrogen) atoms. The van der Waals surface area contributed by atoms with Crippen molar-refractivity contribution in [3.05, 3.63) is 77.0 Å². The molecule has 166 valence electrons. The van der Waals surface area contributed by atoms with Gasteiger partial charge in [0.25, 0.3) is 0 Å². The molecule has 1 aliphatic carbocycles. The molecule has 3 aromatic rings. The molecule has 7 nitrogen and oxygen atoms in total. The molecule has 1 aliphatic rings. The minimum Gasteiger partial charge on any atom is -0.369 e. The van der Waals surface area contributed by atoms with Crippen molar-refractivity contribution < 1.29 is 9.59 Å². The number of fused-ring (bicyclic) bond motifs is 1. The minimum absolute atomic E-state index is 0.0106. The third kappa shape index (κ3) is 4.66. The average Bonchev–Trinajstić information content (AvgIpc) is 3.32. The molecule has 0 spiro atoms. The zero-order valence-corrected chi connectivity index (χ0v) is 18.7. The molecule has 3 amide bonds. The zero-order valence-electron chi connectivity index (χ0n) is 18.7. The van der Waals surface area contributed by atoms with E-state index in [0.717, 1.165) is 29.8 Å². The summed E-state index contributed by atoms with van der Waals surface area (Å²) in [6, 6.07) is 17.3. The van der Waals surface area contributed by atoms with Crippen LogP contribution in [0.2, 0.25) is 0 Å². The smallest absolute Gasteiger partial charge is 0.320 e. The number of hydrogen-bond donors (Lipinski definition) is 3. The van der Waals surface area contributed by atoms with Crippen molar-refractivity contribution in [1.29, 1.82) is 0 Å². The Kier molecular flexibility index (Phi) is 5.74. The first-order valence-electron chi connectivity index (χ1n) is 10.8. The number of hydrogen-bond acceptors (Lipinski definition) is 3. The summed E-state index contributed by atoms with van der Waals surface area (Å²) in [7, 11) is 0. The van der Waals surface area contributed by atoms with Gasteiger partial charge < -0.3 is 11.1 Å². The summed E-state index contributed by atoms with van der Waals surface area (Å²) >= 11 is 0. The van der Waals surface area contributed by atoms with E-state index in [1.54, 1.807) is 4.68 Å². The predicted octanol–water partition coefficient (Wildman–Crippen LogP) is 4.01. The van der Waals surface area contributed by atoms with Crippen molar-refractivity contribution in [3.8, 4) is 5.69 Å². The number of primary amides is 1. The quantitative estimate of drug-likeness (QED) is 0.569. The van der Waals surface area contributed by atoms with Crippen molar-refractivity contribution in [2.24, 2.45) is 5.73 Å². The van der Waals surface area contributed by atoms with Gasteiger partial charge in [-0.05, 0) is 41.7 Å². The lowest BCUT2D eigenvalue weighted by Crippen LogP contribution is -2.32. The van der Waals surface area contributed by atoms with Crippen LogP contribution < -0.4 is 16.4 Å². The molecule has 0 aliphatic heterocycles. The number of rotatable bonds is 5. The van der Waals surface area contributed by atoms with Gasteiger partial charge in [0.1, 0.15) is 5.82 Å². The van der Waals surface area contributed by atoms with Crippen LogP contribution in [-0.4, -0.2) is 21.7 Å². The molecule has 7 heteroatoms. The van der Waals surface area contributed by atoms with Crippen LogP contribution in [0.3, 0.4) is 0 Å². The molecule has 4 rings (SSSR count). The normalized spacial score (nSPS) is 15.3. The van der Waals surface area contributed by atoms with E-state index in [1.807, 2.05) is 42.5 Å². The van der Waals surface area contributed by atoms with Crippen molar-refractivity contribution >= 4 is 17.8 Å². The fraction of sp³-hybridized carbons (Fsp3) is 0.320. The van der Waals surface area contributed by atoms with Crippen LogP contribution in [0, 0.1) is 0 Å². The Morgan fingerprint density at radius 1 is 1.12 bits per heavy atom. The molecule has 0 radical (unpaired) electrons. The lowest BCUT2D eigenvalue weighted by molar-refractivity contribution is -0.117. The first-order valence-corrected chi connectivity index (χ1v) is 10.8. The van der Waals surface area contributed by atoms with Crippen molar-refractivity contribution in [3.63, 3.8) is 0 Å². The number of urea groups is 1. The summed E-state index contributed by atoms with van der Waals surface area (Å²) < 4.78 is 1.70. The Balaban J connectivity index is 1.60. The van der Waals surface area contributed by atoms with Gasteiger partial charge in [-0.25, -0.2) is 9.48 Å². The second-order valence-electron chi connectivity index (χ2n) is 9.28. The van der Waals surface area contributed by atoms with Crippen molar-refractivity contribution in [1.82, 2.24) is 15.1 Å². The number of nitrogens with two attached hydrogens (primary N) is 1. The fourth-order valence-electron chi connectivity index (χ4n) is 4.05. The second-order valence-corrected chi connectivity index (χ2v) is 9.28. The molecular formula is C25H29N5O2. The topological polar surface area (TPSA) is 102 Å². The Hall–Kier alpha value is -3.61. The number of anilines is 1. The van der Waals surface area contributed by atoms with E-state index >= 15 is 0 Å². The molecule has 1 unspecified atom stereocenters. The van der Waals surface area contributed by atoms with Gasteiger partial charge in [-0.3, -0.25) is 10.1 Å². The number of carbonyl (C=O) groups excluding carboxylic acids is 2. The number of amides is 3. The van der Waals surface area contributed by atoms with Crippen LogP contribution in [0.4, 0.5) is 10.6 Å². The Labute approximate surface area is 188 Å². The molecular weight excluding hydrogens is 402 g/mol. The van der Waals surface area contributed by atoms with Gasteiger partial charge in [-0.15, -0.1) is 0 Å². The first kappa shape index (κ1) is 21.6. The number of nitrogens with zero attached hydrogens (tertiary/aromatic N) is 2. The average molecular weight is 432 g/mol. The van der Waals surface area contributed by atoms with Crippen LogP contribution in [0.15, 0.2) is 54.6 Å². The number of aromatic nitrogens is 2. The van der Waals surface area contributed by atoms with Gasteiger partial charge in [0, 0.05) is 11.5 Å². The maximum atomic E-state index is 12.9. The highest BCUT2D eigenvalue weighted by Crippen LogP contribution is 2.31. The molecule has 0 fully saturated rings. The van der Waals surface area contributed by atoms with Crippen LogP contribution in [-0.2, 0) is 23.1 Å². The van der Waals surface area contributed by atoms with E-state index in [4.69, 9.17) is 10.8 Å². The SMILES string of the molecule is CC(C)(C)c1cc(NC(=O)NC2CCc3ccccc32)n(-c2cccc(CC(N)=O)c2)n1. The maximum absolute atomic E-state index is 12.9. The van der Waals surface area contributed by atoms with Crippen molar-refractivity contribution in [2.75, 3.05) is 5.32 Å².